The van der Waals surface area contributed by atoms with Gasteiger partial charge in [0, 0.05) is 5.56 Å². The van der Waals surface area contributed by atoms with Gasteiger partial charge >= 0.3 is 5.97 Å². The summed E-state index contributed by atoms with van der Waals surface area (Å²) in [6.45, 7) is 0. The van der Waals surface area contributed by atoms with Crippen molar-refractivity contribution in [2.45, 2.75) is 0 Å². The number of carbonyl (C=O) groups is 2. The van der Waals surface area contributed by atoms with Gasteiger partial charge in [0.25, 0.3) is 5.91 Å². The molecule has 0 aliphatic carbocycles. The van der Waals surface area contributed by atoms with E-state index in [4.69, 9.17) is 23.2 Å². The second-order valence-corrected chi connectivity index (χ2v) is 5.11. The normalized spacial score (nSPS) is 11.1. The van der Waals surface area contributed by atoms with Crippen molar-refractivity contribution in [2.75, 3.05) is 0 Å². The molecule has 6 heteroatoms. The Hall–Kier alpha value is -2.30. The van der Waals surface area contributed by atoms with E-state index in [1.165, 1.54) is 6.08 Å². The molecule has 2 aromatic carbocycles. The van der Waals surface area contributed by atoms with Gasteiger partial charge in [0.15, 0.2) is 0 Å². The second kappa shape index (κ2) is 7.11. The molecule has 0 radical (unpaired) electrons. The maximum absolute atomic E-state index is 12.0. The van der Waals surface area contributed by atoms with Gasteiger partial charge in [-0.1, -0.05) is 53.5 Å². The fraction of sp³-hybridized carbons (Fsp3) is 0. The van der Waals surface area contributed by atoms with Crippen molar-refractivity contribution < 1.29 is 14.7 Å². The molecule has 0 saturated heterocycles. The van der Waals surface area contributed by atoms with Crippen LogP contribution in [0.2, 0.25) is 10.0 Å². The lowest BCUT2D eigenvalue weighted by molar-refractivity contribution is -0.132. The van der Waals surface area contributed by atoms with Crippen LogP contribution < -0.4 is 5.32 Å². The third-order valence-corrected chi connectivity index (χ3v) is 3.63. The highest BCUT2D eigenvalue weighted by Gasteiger charge is 2.14. The summed E-state index contributed by atoms with van der Waals surface area (Å²) in [7, 11) is 0. The minimum Gasteiger partial charge on any atom is -0.477 e. The van der Waals surface area contributed by atoms with Crippen molar-refractivity contribution >= 4 is 41.2 Å². The smallest absolute Gasteiger partial charge is 0.352 e. The summed E-state index contributed by atoms with van der Waals surface area (Å²) in [5.74, 6) is -1.80. The Labute approximate surface area is 137 Å². The highest BCUT2D eigenvalue weighted by Crippen LogP contribution is 2.27. The summed E-state index contributed by atoms with van der Waals surface area (Å²) in [4.78, 5) is 23.3. The fourth-order valence-corrected chi connectivity index (χ4v) is 2.09. The average Bonchev–Trinajstić information content (AvgIpc) is 2.51. The van der Waals surface area contributed by atoms with Crippen molar-refractivity contribution in [1.29, 1.82) is 0 Å². The van der Waals surface area contributed by atoms with Crippen LogP contribution in [0.15, 0.2) is 54.2 Å². The summed E-state index contributed by atoms with van der Waals surface area (Å²) >= 11 is 11.9. The summed E-state index contributed by atoms with van der Waals surface area (Å²) in [5, 5.41) is 12.1. The predicted octanol–water partition coefficient (Wildman–Crippen LogP) is 3.85. The van der Waals surface area contributed by atoms with Crippen LogP contribution in [0.5, 0.6) is 0 Å². The van der Waals surface area contributed by atoms with E-state index >= 15 is 0 Å². The molecule has 0 bridgehead atoms. The molecule has 2 aromatic rings. The highest BCUT2D eigenvalue weighted by atomic mass is 35.5. The number of hydrogen-bond donors (Lipinski definition) is 2. The topological polar surface area (TPSA) is 66.4 Å². The monoisotopic (exact) mass is 335 g/mol. The van der Waals surface area contributed by atoms with E-state index in [1.807, 2.05) is 0 Å². The number of nitrogens with one attached hydrogen (secondary N) is 1. The van der Waals surface area contributed by atoms with Gasteiger partial charge < -0.3 is 10.4 Å². The number of carbonyl (C=O) groups excluding carboxylic acids is 1. The quantitative estimate of drug-likeness (QED) is 0.834. The van der Waals surface area contributed by atoms with Gasteiger partial charge in [0.1, 0.15) is 5.70 Å². The Morgan fingerprint density at radius 1 is 1.00 bits per heavy atom. The first-order valence-corrected chi connectivity index (χ1v) is 7.00. The molecule has 0 aliphatic rings. The molecule has 4 nitrogen and oxygen atoms in total. The number of halogens is 2. The lowest BCUT2D eigenvalue weighted by Gasteiger charge is -2.07. The van der Waals surface area contributed by atoms with Crippen LogP contribution >= 0.6 is 23.2 Å². The van der Waals surface area contributed by atoms with Crippen molar-refractivity contribution in [3.05, 3.63) is 75.4 Å². The summed E-state index contributed by atoms with van der Waals surface area (Å²) < 4.78 is 0. The van der Waals surface area contributed by atoms with Gasteiger partial charge in [0.2, 0.25) is 0 Å². The minimum absolute atomic E-state index is 0.219. The number of carboxylic acids is 1. The van der Waals surface area contributed by atoms with Gasteiger partial charge in [-0.2, -0.15) is 0 Å². The van der Waals surface area contributed by atoms with Crippen LogP contribution in [0, 0.1) is 0 Å². The Morgan fingerprint density at radius 3 is 2.32 bits per heavy atom. The van der Waals surface area contributed by atoms with Crippen LogP contribution in [0.4, 0.5) is 0 Å². The van der Waals surface area contributed by atoms with Crippen LogP contribution in [0.1, 0.15) is 15.9 Å². The fourth-order valence-electron chi connectivity index (χ4n) is 1.72. The van der Waals surface area contributed by atoms with Crippen molar-refractivity contribution in [3.8, 4) is 0 Å². The van der Waals surface area contributed by atoms with E-state index in [0.29, 0.717) is 16.1 Å². The lowest BCUT2D eigenvalue weighted by Crippen LogP contribution is -2.27. The average molecular weight is 336 g/mol. The predicted molar refractivity (Wildman–Crippen MR) is 86.0 cm³/mol. The Kier molecular flexibility index (Phi) is 5.20. The number of aliphatic carboxylic acids is 1. The van der Waals surface area contributed by atoms with Gasteiger partial charge in [0.05, 0.1) is 10.0 Å². The highest BCUT2D eigenvalue weighted by molar-refractivity contribution is 6.42. The maximum atomic E-state index is 12.0. The van der Waals surface area contributed by atoms with Gasteiger partial charge in [-0.15, -0.1) is 0 Å². The first kappa shape index (κ1) is 16.1. The molecule has 0 atom stereocenters. The summed E-state index contributed by atoms with van der Waals surface area (Å²) in [6, 6.07) is 13.1. The molecule has 22 heavy (non-hydrogen) atoms. The van der Waals surface area contributed by atoms with Gasteiger partial charge in [-0.25, -0.2) is 4.79 Å². The SMILES string of the molecule is O=C(O)/C(=C\c1cccc(Cl)c1Cl)NC(=O)c1ccccc1. The second-order valence-electron chi connectivity index (χ2n) is 4.33. The van der Waals surface area contributed by atoms with Crippen LogP contribution in [-0.2, 0) is 4.79 Å². The van der Waals surface area contributed by atoms with Gasteiger partial charge in [-0.05, 0) is 29.8 Å². The molecule has 2 rings (SSSR count). The number of benzene rings is 2. The molecular formula is C16H11Cl2NO3. The third kappa shape index (κ3) is 3.87. The molecule has 0 fully saturated rings. The number of amides is 1. The molecule has 2 N–H and O–H groups in total. The molecule has 0 heterocycles. The van der Waals surface area contributed by atoms with Crippen molar-refractivity contribution in [2.24, 2.45) is 0 Å². The lowest BCUT2D eigenvalue weighted by atomic mass is 10.1. The van der Waals surface area contributed by atoms with E-state index in [0.717, 1.165) is 0 Å². The third-order valence-electron chi connectivity index (χ3n) is 2.80. The molecular weight excluding hydrogens is 325 g/mol. The number of rotatable bonds is 4. The zero-order chi connectivity index (χ0) is 16.1. The molecule has 0 spiro atoms. The summed E-state index contributed by atoms with van der Waals surface area (Å²) in [5.41, 5.74) is 0.463. The zero-order valence-corrected chi connectivity index (χ0v) is 12.7. The molecule has 0 aliphatic heterocycles. The molecule has 112 valence electrons. The summed E-state index contributed by atoms with van der Waals surface area (Å²) in [6.07, 6.45) is 1.26. The Balaban J connectivity index is 2.31. The zero-order valence-electron chi connectivity index (χ0n) is 11.2. The van der Waals surface area contributed by atoms with E-state index in [-0.39, 0.29) is 10.7 Å². The Bertz CT molecular complexity index is 742. The van der Waals surface area contributed by atoms with E-state index in [2.05, 4.69) is 5.32 Å². The molecule has 0 aromatic heterocycles. The first-order chi connectivity index (χ1) is 10.5. The first-order valence-electron chi connectivity index (χ1n) is 6.24. The van der Waals surface area contributed by atoms with Crippen LogP contribution in [-0.4, -0.2) is 17.0 Å². The maximum Gasteiger partial charge on any atom is 0.352 e. The molecule has 0 unspecified atom stereocenters. The molecule has 0 saturated carbocycles. The van der Waals surface area contributed by atoms with Crippen LogP contribution in [0.25, 0.3) is 6.08 Å². The van der Waals surface area contributed by atoms with Crippen molar-refractivity contribution in [3.63, 3.8) is 0 Å². The van der Waals surface area contributed by atoms with Crippen molar-refractivity contribution in [1.82, 2.24) is 5.32 Å². The van der Waals surface area contributed by atoms with E-state index in [1.54, 1.807) is 48.5 Å². The standard InChI is InChI=1S/C16H11Cl2NO3/c17-12-8-4-7-11(14(12)18)9-13(16(21)22)19-15(20)10-5-2-1-3-6-10/h1-9H,(H,19,20)(H,21,22)/b13-9+. The Morgan fingerprint density at radius 2 is 1.68 bits per heavy atom. The van der Waals surface area contributed by atoms with Crippen LogP contribution in [0.3, 0.4) is 0 Å². The van der Waals surface area contributed by atoms with Gasteiger partial charge in [-0.3, -0.25) is 4.79 Å². The largest absolute Gasteiger partial charge is 0.477 e. The van der Waals surface area contributed by atoms with E-state index < -0.39 is 11.9 Å². The van der Waals surface area contributed by atoms with E-state index in [9.17, 15) is 14.7 Å². The molecule has 1 amide bonds. The minimum atomic E-state index is -1.28. The number of hydrogen-bond acceptors (Lipinski definition) is 2. The number of carboxylic acid groups (broad SMARTS) is 1.